The fraction of sp³-hybridized carbons (Fsp3) is 0.318. The second kappa shape index (κ2) is 8.69. The van der Waals surface area contributed by atoms with Crippen LogP contribution in [0.25, 0.3) is 5.57 Å². The minimum absolute atomic E-state index is 0.0106. The van der Waals surface area contributed by atoms with Gasteiger partial charge in [-0.2, -0.15) is 0 Å². The van der Waals surface area contributed by atoms with Crippen LogP contribution < -0.4 is 9.62 Å². The first-order valence-corrected chi connectivity index (χ1v) is 11.5. The molecule has 1 N–H and O–H groups in total. The molecule has 3 rings (SSSR count). The van der Waals surface area contributed by atoms with Gasteiger partial charge in [0, 0.05) is 31.5 Å². The van der Waals surface area contributed by atoms with E-state index < -0.39 is 10.0 Å². The first-order valence-electron chi connectivity index (χ1n) is 9.59. The minimum atomic E-state index is -3.29. The van der Waals surface area contributed by atoms with Gasteiger partial charge in [0.15, 0.2) is 0 Å². The van der Waals surface area contributed by atoms with Crippen molar-refractivity contribution in [2.24, 2.45) is 5.92 Å². The number of nitrogens with one attached hydrogen (secondary N) is 1. The fourth-order valence-corrected chi connectivity index (χ4v) is 4.16. The molecular weight excluding hydrogens is 386 g/mol. The number of rotatable bonds is 5. The lowest BCUT2D eigenvalue weighted by Gasteiger charge is -2.35. The van der Waals surface area contributed by atoms with Crippen molar-refractivity contribution < 1.29 is 13.2 Å². The summed E-state index contributed by atoms with van der Waals surface area (Å²) in [5, 5.41) is 0. The summed E-state index contributed by atoms with van der Waals surface area (Å²) in [4.78, 5) is 16.3. The monoisotopic (exact) mass is 413 g/mol. The highest BCUT2D eigenvalue weighted by atomic mass is 32.2. The van der Waals surface area contributed by atoms with Crippen LogP contribution >= 0.6 is 0 Å². The van der Waals surface area contributed by atoms with Crippen molar-refractivity contribution in [3.05, 3.63) is 66.7 Å². The molecule has 154 valence electrons. The highest BCUT2D eigenvalue weighted by Gasteiger charge is 2.27. The number of sulfonamides is 1. The maximum Gasteiger partial charge on any atom is 0.324 e. The van der Waals surface area contributed by atoms with E-state index in [1.54, 1.807) is 24.1 Å². The number of piperidine rings is 1. The Labute approximate surface area is 172 Å². The lowest BCUT2D eigenvalue weighted by atomic mass is 9.86. The second-order valence-electron chi connectivity index (χ2n) is 7.42. The Morgan fingerprint density at radius 3 is 2.21 bits per heavy atom. The first kappa shape index (κ1) is 20.9. The third-order valence-corrected chi connectivity index (χ3v) is 5.85. The minimum Gasteiger partial charge on any atom is -0.324 e. The molecule has 0 aliphatic carbocycles. The molecule has 29 heavy (non-hydrogen) atoms. The van der Waals surface area contributed by atoms with Gasteiger partial charge in [-0.3, -0.25) is 9.62 Å². The van der Waals surface area contributed by atoms with E-state index in [2.05, 4.69) is 11.3 Å². The normalized spacial score (nSPS) is 15.0. The van der Waals surface area contributed by atoms with Gasteiger partial charge in [0.25, 0.3) is 0 Å². The molecule has 6 nitrogen and oxygen atoms in total. The predicted octanol–water partition coefficient (Wildman–Crippen LogP) is 4.04. The van der Waals surface area contributed by atoms with E-state index in [0.29, 0.717) is 24.7 Å². The van der Waals surface area contributed by atoms with Crippen LogP contribution in [0.3, 0.4) is 0 Å². The molecule has 0 aromatic heterocycles. The number of para-hydroxylation sites is 1. The van der Waals surface area contributed by atoms with Crippen LogP contribution in [0, 0.1) is 5.92 Å². The number of carbonyl (C=O) groups is 1. The van der Waals surface area contributed by atoms with Crippen molar-refractivity contribution in [2.45, 2.75) is 12.8 Å². The van der Waals surface area contributed by atoms with Crippen molar-refractivity contribution in [2.75, 3.05) is 36.0 Å². The standard InChI is InChI=1S/C22H27N3O3S/c1-17(18-9-11-20(12-10-18)23-29(3,27)28)19-13-15-25(16-14-19)22(26)24(2)21-7-5-4-6-8-21/h4-12,19,23H,1,13-16H2,2-3H3. The summed E-state index contributed by atoms with van der Waals surface area (Å²) in [6.07, 6.45) is 2.84. The number of likely N-dealkylation sites (tertiary alicyclic amines) is 1. The molecule has 2 amide bonds. The topological polar surface area (TPSA) is 69.7 Å². The van der Waals surface area contributed by atoms with Gasteiger partial charge in [0.05, 0.1) is 6.26 Å². The summed E-state index contributed by atoms with van der Waals surface area (Å²) < 4.78 is 25.1. The summed E-state index contributed by atoms with van der Waals surface area (Å²) >= 11 is 0. The summed E-state index contributed by atoms with van der Waals surface area (Å²) in [5.74, 6) is 0.301. The molecular formula is C22H27N3O3S. The maximum atomic E-state index is 12.8. The predicted molar refractivity (Wildman–Crippen MR) is 118 cm³/mol. The number of carbonyl (C=O) groups excluding carboxylic acids is 1. The van der Waals surface area contributed by atoms with Gasteiger partial charge in [-0.1, -0.05) is 36.9 Å². The van der Waals surface area contributed by atoms with Gasteiger partial charge >= 0.3 is 6.03 Å². The van der Waals surface area contributed by atoms with E-state index in [4.69, 9.17) is 0 Å². The number of hydrogen-bond acceptors (Lipinski definition) is 3. The molecule has 0 radical (unpaired) electrons. The Balaban J connectivity index is 1.57. The highest BCUT2D eigenvalue weighted by molar-refractivity contribution is 7.92. The molecule has 7 heteroatoms. The van der Waals surface area contributed by atoms with Crippen molar-refractivity contribution in [3.8, 4) is 0 Å². The summed E-state index contributed by atoms with van der Waals surface area (Å²) in [6.45, 7) is 5.63. The number of benzene rings is 2. The van der Waals surface area contributed by atoms with Gasteiger partial charge in [0.2, 0.25) is 10.0 Å². The van der Waals surface area contributed by atoms with Crippen molar-refractivity contribution in [1.82, 2.24) is 4.90 Å². The van der Waals surface area contributed by atoms with Crippen LogP contribution in [0.1, 0.15) is 18.4 Å². The Morgan fingerprint density at radius 1 is 1.07 bits per heavy atom. The second-order valence-corrected chi connectivity index (χ2v) is 9.16. The molecule has 2 aromatic rings. The van der Waals surface area contributed by atoms with Crippen LogP contribution in [0.4, 0.5) is 16.2 Å². The van der Waals surface area contributed by atoms with Crippen molar-refractivity contribution in [1.29, 1.82) is 0 Å². The summed E-state index contributed by atoms with van der Waals surface area (Å²) in [6, 6.07) is 16.9. The number of nitrogens with zero attached hydrogens (tertiary/aromatic N) is 2. The van der Waals surface area contributed by atoms with E-state index in [1.165, 1.54) is 0 Å². The molecule has 0 unspecified atom stereocenters. The quantitative estimate of drug-likeness (QED) is 0.804. The lowest BCUT2D eigenvalue weighted by Crippen LogP contribution is -2.45. The van der Waals surface area contributed by atoms with E-state index >= 15 is 0 Å². The van der Waals surface area contributed by atoms with E-state index in [-0.39, 0.29) is 6.03 Å². The Bertz CT molecular complexity index is 964. The fourth-order valence-electron chi connectivity index (χ4n) is 3.60. The van der Waals surface area contributed by atoms with Crippen molar-refractivity contribution >= 4 is 33.0 Å². The van der Waals surface area contributed by atoms with Crippen LogP contribution in [0.2, 0.25) is 0 Å². The zero-order valence-electron chi connectivity index (χ0n) is 16.8. The molecule has 0 atom stereocenters. The third-order valence-electron chi connectivity index (χ3n) is 5.25. The Hall–Kier alpha value is -2.80. The highest BCUT2D eigenvalue weighted by Crippen LogP contribution is 2.31. The molecule has 1 aliphatic heterocycles. The molecule has 0 spiro atoms. The largest absolute Gasteiger partial charge is 0.324 e. The Morgan fingerprint density at radius 2 is 1.66 bits per heavy atom. The van der Waals surface area contributed by atoms with Crippen LogP contribution in [-0.4, -0.2) is 45.7 Å². The first-order chi connectivity index (χ1) is 13.7. The number of amides is 2. The lowest BCUT2D eigenvalue weighted by molar-refractivity contribution is 0.187. The molecule has 1 saturated heterocycles. The SMILES string of the molecule is C=C(c1ccc(NS(C)(=O)=O)cc1)C1CCN(C(=O)N(C)c2ccccc2)CC1. The average molecular weight is 414 g/mol. The van der Waals surface area contributed by atoms with Crippen LogP contribution in [0.15, 0.2) is 61.2 Å². The van der Waals surface area contributed by atoms with Gasteiger partial charge in [-0.25, -0.2) is 13.2 Å². The molecule has 0 bridgehead atoms. The van der Waals surface area contributed by atoms with Crippen LogP contribution in [0.5, 0.6) is 0 Å². The van der Waals surface area contributed by atoms with E-state index in [0.717, 1.165) is 35.9 Å². The third kappa shape index (κ3) is 5.38. The zero-order chi connectivity index (χ0) is 21.0. The van der Waals surface area contributed by atoms with Gasteiger partial charge in [-0.05, 0) is 54.2 Å². The average Bonchev–Trinajstić information content (AvgIpc) is 2.72. The van der Waals surface area contributed by atoms with E-state index in [9.17, 15) is 13.2 Å². The number of urea groups is 1. The smallest absolute Gasteiger partial charge is 0.324 e. The Kier molecular flexibility index (Phi) is 6.27. The number of hydrogen-bond donors (Lipinski definition) is 1. The van der Waals surface area contributed by atoms with Crippen LogP contribution in [-0.2, 0) is 10.0 Å². The maximum absolute atomic E-state index is 12.8. The summed E-state index contributed by atoms with van der Waals surface area (Å²) in [5.41, 5.74) is 3.44. The number of anilines is 2. The van der Waals surface area contributed by atoms with Gasteiger partial charge in [0.1, 0.15) is 0 Å². The van der Waals surface area contributed by atoms with Gasteiger partial charge in [-0.15, -0.1) is 0 Å². The van der Waals surface area contributed by atoms with Crippen molar-refractivity contribution in [3.63, 3.8) is 0 Å². The molecule has 0 saturated carbocycles. The molecule has 2 aromatic carbocycles. The van der Waals surface area contributed by atoms with E-state index in [1.807, 2.05) is 47.4 Å². The zero-order valence-corrected chi connectivity index (χ0v) is 17.7. The molecule has 1 heterocycles. The molecule has 1 fully saturated rings. The van der Waals surface area contributed by atoms with Gasteiger partial charge < -0.3 is 4.90 Å². The molecule has 1 aliphatic rings. The summed E-state index contributed by atoms with van der Waals surface area (Å²) in [7, 11) is -1.49. The number of allylic oxidation sites excluding steroid dienone is 1.